The van der Waals surface area contributed by atoms with E-state index in [-0.39, 0.29) is 0 Å². The molecule has 1 aliphatic carbocycles. The van der Waals surface area contributed by atoms with Crippen LogP contribution in [0.3, 0.4) is 0 Å². The Hall–Kier alpha value is -0.690. The maximum Gasteiger partial charge on any atom is 0.0193 e. The Morgan fingerprint density at radius 3 is 2.50 bits per heavy atom. The van der Waals surface area contributed by atoms with Crippen molar-refractivity contribution in [3.05, 3.63) is 41.5 Å². The maximum absolute atomic E-state index is 2.28. The van der Waals surface area contributed by atoms with Crippen molar-refractivity contribution in [3.63, 3.8) is 0 Å². The first-order valence-corrected chi connectivity index (χ1v) is 8.26. The average Bonchev–Trinajstić information content (AvgIpc) is 3.23. The van der Waals surface area contributed by atoms with Crippen LogP contribution >= 0.6 is 11.8 Å². The predicted molar refractivity (Wildman–Crippen MR) is 82.2 cm³/mol. The van der Waals surface area contributed by atoms with Gasteiger partial charge in [-0.15, -0.1) is 11.8 Å². The Morgan fingerprint density at radius 1 is 1.06 bits per heavy atom. The van der Waals surface area contributed by atoms with Crippen LogP contribution in [0.4, 0.5) is 0 Å². The first kappa shape index (κ1) is 13.7. The van der Waals surface area contributed by atoms with Crippen molar-refractivity contribution in [1.29, 1.82) is 0 Å². The second kappa shape index (κ2) is 7.68. The molecular weight excluding hydrogens is 236 g/mol. The van der Waals surface area contributed by atoms with E-state index in [2.05, 4.69) is 37.3 Å². The van der Waals surface area contributed by atoms with Gasteiger partial charge in [-0.3, -0.25) is 0 Å². The monoisotopic (exact) mass is 260 g/mol. The molecule has 1 aliphatic rings. The van der Waals surface area contributed by atoms with Crippen LogP contribution < -0.4 is 0 Å². The van der Waals surface area contributed by atoms with Gasteiger partial charge < -0.3 is 0 Å². The molecule has 1 fully saturated rings. The SMILES string of the molecule is CCCCCCC(CSc1ccccc1)=C1CC1. The van der Waals surface area contributed by atoms with Gasteiger partial charge in [0.2, 0.25) is 0 Å². The molecule has 98 valence electrons. The highest BCUT2D eigenvalue weighted by Crippen LogP contribution is 2.36. The van der Waals surface area contributed by atoms with Gasteiger partial charge in [-0.2, -0.15) is 0 Å². The number of thioether (sulfide) groups is 1. The first-order valence-electron chi connectivity index (χ1n) is 7.27. The lowest BCUT2D eigenvalue weighted by atomic mass is 10.1. The Morgan fingerprint density at radius 2 is 1.83 bits per heavy atom. The lowest BCUT2D eigenvalue weighted by molar-refractivity contribution is 0.664. The molecule has 0 saturated heterocycles. The van der Waals surface area contributed by atoms with E-state index < -0.39 is 0 Å². The van der Waals surface area contributed by atoms with E-state index in [0.717, 1.165) is 0 Å². The fourth-order valence-electron chi connectivity index (χ4n) is 2.22. The summed E-state index contributed by atoms with van der Waals surface area (Å²) >= 11 is 2.00. The summed E-state index contributed by atoms with van der Waals surface area (Å²) in [6, 6.07) is 10.8. The van der Waals surface area contributed by atoms with Crippen molar-refractivity contribution in [2.75, 3.05) is 5.75 Å². The van der Waals surface area contributed by atoms with Gasteiger partial charge >= 0.3 is 0 Å². The summed E-state index contributed by atoms with van der Waals surface area (Å²) in [5.41, 5.74) is 3.51. The van der Waals surface area contributed by atoms with Crippen molar-refractivity contribution >= 4 is 11.8 Å². The van der Waals surface area contributed by atoms with Gasteiger partial charge in [-0.1, -0.05) is 55.5 Å². The molecule has 1 saturated carbocycles. The van der Waals surface area contributed by atoms with Crippen molar-refractivity contribution < 1.29 is 0 Å². The number of unbranched alkanes of at least 4 members (excludes halogenated alkanes) is 3. The smallest absolute Gasteiger partial charge is 0.0193 e. The third-order valence-corrected chi connectivity index (χ3v) is 4.59. The van der Waals surface area contributed by atoms with E-state index in [1.807, 2.05) is 11.8 Å². The molecular formula is C17H24S. The standard InChI is InChI=1S/C17H24S/c1-2-3-4-6-9-16(15-12-13-15)14-18-17-10-7-5-8-11-17/h5,7-8,10-11H,2-4,6,9,12-14H2,1H3. The molecule has 0 aromatic heterocycles. The number of hydrogen-bond donors (Lipinski definition) is 0. The van der Waals surface area contributed by atoms with Gasteiger partial charge in [0.15, 0.2) is 0 Å². The van der Waals surface area contributed by atoms with Crippen LogP contribution in [-0.4, -0.2) is 5.75 Å². The number of benzene rings is 1. The van der Waals surface area contributed by atoms with E-state index in [0.29, 0.717) is 0 Å². The van der Waals surface area contributed by atoms with Crippen LogP contribution in [0.25, 0.3) is 0 Å². The van der Waals surface area contributed by atoms with E-state index in [1.165, 1.54) is 55.6 Å². The number of allylic oxidation sites excluding steroid dienone is 1. The van der Waals surface area contributed by atoms with Crippen molar-refractivity contribution in [1.82, 2.24) is 0 Å². The molecule has 1 aromatic rings. The zero-order valence-corrected chi connectivity index (χ0v) is 12.3. The van der Waals surface area contributed by atoms with Gasteiger partial charge in [0.05, 0.1) is 0 Å². The van der Waals surface area contributed by atoms with Crippen molar-refractivity contribution in [2.45, 2.75) is 56.8 Å². The predicted octanol–water partition coefficient (Wildman–Crippen LogP) is 5.84. The third kappa shape index (κ3) is 4.89. The van der Waals surface area contributed by atoms with Gasteiger partial charge in [0.1, 0.15) is 0 Å². The molecule has 2 rings (SSSR count). The minimum absolute atomic E-state index is 1.21. The van der Waals surface area contributed by atoms with Crippen LogP contribution in [-0.2, 0) is 0 Å². The van der Waals surface area contributed by atoms with Crippen LogP contribution in [0.15, 0.2) is 46.4 Å². The summed E-state index contributed by atoms with van der Waals surface area (Å²) in [5, 5.41) is 0. The highest BCUT2D eigenvalue weighted by Gasteiger charge is 2.17. The summed E-state index contributed by atoms with van der Waals surface area (Å²) < 4.78 is 0. The normalized spacial score (nSPS) is 13.7. The summed E-state index contributed by atoms with van der Waals surface area (Å²) in [6.07, 6.45) is 9.62. The minimum Gasteiger partial charge on any atom is -0.122 e. The molecule has 0 amide bonds. The topological polar surface area (TPSA) is 0 Å². The summed E-state index contributed by atoms with van der Waals surface area (Å²) in [7, 11) is 0. The molecule has 0 spiro atoms. The molecule has 1 aromatic carbocycles. The van der Waals surface area contributed by atoms with Crippen molar-refractivity contribution in [3.8, 4) is 0 Å². The second-order valence-corrected chi connectivity index (χ2v) is 6.17. The van der Waals surface area contributed by atoms with Crippen LogP contribution in [0.1, 0.15) is 51.9 Å². The number of rotatable bonds is 8. The lowest BCUT2D eigenvalue weighted by Crippen LogP contribution is -1.89. The molecule has 0 N–H and O–H groups in total. The Kier molecular flexibility index (Phi) is 5.86. The Balaban J connectivity index is 1.76. The lowest BCUT2D eigenvalue weighted by Gasteiger charge is -2.07. The summed E-state index contributed by atoms with van der Waals surface area (Å²) in [4.78, 5) is 1.41. The van der Waals surface area contributed by atoms with E-state index in [1.54, 1.807) is 11.1 Å². The molecule has 0 unspecified atom stereocenters. The second-order valence-electron chi connectivity index (χ2n) is 5.12. The van der Waals surface area contributed by atoms with E-state index >= 15 is 0 Å². The quantitative estimate of drug-likeness (QED) is 0.321. The van der Waals surface area contributed by atoms with Crippen molar-refractivity contribution in [2.24, 2.45) is 0 Å². The Labute approximate surface area is 116 Å². The van der Waals surface area contributed by atoms with E-state index in [9.17, 15) is 0 Å². The molecule has 0 nitrogen and oxygen atoms in total. The van der Waals surface area contributed by atoms with Crippen LogP contribution in [0.5, 0.6) is 0 Å². The zero-order valence-electron chi connectivity index (χ0n) is 11.5. The van der Waals surface area contributed by atoms with Crippen LogP contribution in [0, 0.1) is 0 Å². The average molecular weight is 260 g/mol. The molecule has 1 heteroatoms. The third-order valence-electron chi connectivity index (χ3n) is 3.49. The zero-order chi connectivity index (χ0) is 12.6. The van der Waals surface area contributed by atoms with Gasteiger partial charge in [-0.05, 0) is 37.8 Å². The molecule has 18 heavy (non-hydrogen) atoms. The summed E-state index contributed by atoms with van der Waals surface area (Å²) in [5.74, 6) is 1.21. The van der Waals surface area contributed by atoms with Gasteiger partial charge in [-0.25, -0.2) is 0 Å². The highest BCUT2D eigenvalue weighted by molar-refractivity contribution is 7.99. The fourth-order valence-corrected chi connectivity index (χ4v) is 3.26. The maximum atomic E-state index is 2.28. The number of hydrogen-bond acceptors (Lipinski definition) is 1. The fraction of sp³-hybridized carbons (Fsp3) is 0.529. The Bertz CT molecular complexity index is 372. The highest BCUT2D eigenvalue weighted by atomic mass is 32.2. The van der Waals surface area contributed by atoms with Crippen LogP contribution in [0.2, 0.25) is 0 Å². The van der Waals surface area contributed by atoms with E-state index in [4.69, 9.17) is 0 Å². The summed E-state index contributed by atoms with van der Waals surface area (Å²) in [6.45, 7) is 2.28. The molecule has 0 aliphatic heterocycles. The molecule has 0 radical (unpaired) electrons. The largest absolute Gasteiger partial charge is 0.122 e. The van der Waals surface area contributed by atoms with Gasteiger partial charge in [0, 0.05) is 10.6 Å². The molecule has 0 atom stereocenters. The molecule has 0 heterocycles. The molecule has 0 bridgehead atoms. The minimum atomic E-state index is 1.21. The van der Waals surface area contributed by atoms with Gasteiger partial charge in [0.25, 0.3) is 0 Å². The first-order chi connectivity index (χ1) is 8.90.